The van der Waals surface area contributed by atoms with Gasteiger partial charge in [0.1, 0.15) is 0 Å². The highest BCUT2D eigenvalue weighted by Gasteiger charge is 2.35. The summed E-state index contributed by atoms with van der Waals surface area (Å²) in [4.78, 5) is 13.3. The van der Waals surface area contributed by atoms with Crippen molar-refractivity contribution < 1.29 is 9.90 Å². The maximum Gasteiger partial charge on any atom is 0.404 e. The first-order chi connectivity index (χ1) is 10.5. The summed E-state index contributed by atoms with van der Waals surface area (Å²) in [5.74, 6) is 0.594. The molecule has 122 valence electrons. The molecule has 0 aromatic heterocycles. The van der Waals surface area contributed by atoms with E-state index in [0.717, 1.165) is 38.9 Å². The van der Waals surface area contributed by atoms with E-state index in [0.29, 0.717) is 12.5 Å². The van der Waals surface area contributed by atoms with Gasteiger partial charge in [-0.25, -0.2) is 4.79 Å². The second-order valence-corrected chi connectivity index (χ2v) is 7.02. The van der Waals surface area contributed by atoms with Gasteiger partial charge in [0.05, 0.1) is 0 Å². The molecule has 0 spiro atoms. The number of carbonyl (C=O) groups is 1. The molecule has 0 atom stereocenters. The van der Waals surface area contributed by atoms with E-state index in [-0.39, 0.29) is 5.41 Å². The minimum Gasteiger partial charge on any atom is -0.465 e. The third-order valence-corrected chi connectivity index (χ3v) is 4.62. The number of nitrogens with one attached hydrogen (secondary N) is 1. The van der Waals surface area contributed by atoms with Gasteiger partial charge < -0.3 is 10.4 Å². The van der Waals surface area contributed by atoms with Crippen molar-refractivity contribution in [3.05, 3.63) is 35.9 Å². The predicted octanol–water partition coefficient (Wildman–Crippen LogP) is 3.58. The van der Waals surface area contributed by atoms with E-state index < -0.39 is 6.09 Å². The Hall–Kier alpha value is -1.55. The fourth-order valence-electron chi connectivity index (χ4n) is 3.61. The summed E-state index contributed by atoms with van der Waals surface area (Å²) in [7, 11) is 0. The molecule has 1 aromatic rings. The molecule has 22 heavy (non-hydrogen) atoms. The van der Waals surface area contributed by atoms with Crippen molar-refractivity contribution in [2.75, 3.05) is 19.6 Å². The van der Waals surface area contributed by atoms with Gasteiger partial charge >= 0.3 is 6.09 Å². The van der Waals surface area contributed by atoms with Crippen LogP contribution in [0.2, 0.25) is 0 Å². The highest BCUT2D eigenvalue weighted by atomic mass is 16.4. The van der Waals surface area contributed by atoms with Gasteiger partial charge in [0, 0.05) is 13.1 Å². The van der Waals surface area contributed by atoms with Crippen LogP contribution in [-0.2, 0) is 6.54 Å². The predicted molar refractivity (Wildman–Crippen MR) is 88.9 cm³/mol. The number of nitrogens with zero attached hydrogens (tertiary/aromatic N) is 1. The Morgan fingerprint density at radius 2 is 1.91 bits per heavy atom. The number of hydrogen-bond donors (Lipinski definition) is 2. The number of hydrogen-bond acceptors (Lipinski definition) is 2. The van der Waals surface area contributed by atoms with Crippen LogP contribution in [0, 0.1) is 11.3 Å². The van der Waals surface area contributed by atoms with E-state index in [1.807, 2.05) is 6.07 Å². The molecule has 1 amide bonds. The molecule has 1 aliphatic heterocycles. The number of likely N-dealkylation sites (tertiary alicyclic amines) is 1. The van der Waals surface area contributed by atoms with Crippen LogP contribution in [0.4, 0.5) is 4.79 Å². The molecule has 4 nitrogen and oxygen atoms in total. The number of carboxylic acid groups (broad SMARTS) is 1. The van der Waals surface area contributed by atoms with Crippen molar-refractivity contribution >= 4 is 6.09 Å². The quantitative estimate of drug-likeness (QED) is 0.844. The largest absolute Gasteiger partial charge is 0.465 e. The Labute approximate surface area is 133 Å². The third-order valence-electron chi connectivity index (χ3n) is 4.62. The maximum absolute atomic E-state index is 10.9. The summed E-state index contributed by atoms with van der Waals surface area (Å²) in [6.07, 6.45) is 2.32. The summed E-state index contributed by atoms with van der Waals surface area (Å²) in [6.45, 7) is 8.11. The average molecular weight is 304 g/mol. The van der Waals surface area contributed by atoms with Gasteiger partial charge in [0.25, 0.3) is 0 Å². The molecule has 2 N–H and O–H groups in total. The number of amides is 1. The van der Waals surface area contributed by atoms with Crippen molar-refractivity contribution in [1.82, 2.24) is 10.2 Å². The second kappa shape index (κ2) is 7.63. The Morgan fingerprint density at radius 1 is 1.27 bits per heavy atom. The number of rotatable bonds is 6. The molecule has 2 rings (SSSR count). The van der Waals surface area contributed by atoms with Crippen molar-refractivity contribution in [2.24, 2.45) is 11.3 Å². The van der Waals surface area contributed by atoms with Crippen molar-refractivity contribution in [2.45, 2.75) is 39.7 Å². The zero-order valence-corrected chi connectivity index (χ0v) is 13.7. The van der Waals surface area contributed by atoms with Crippen LogP contribution in [0.5, 0.6) is 0 Å². The van der Waals surface area contributed by atoms with Gasteiger partial charge in [0.15, 0.2) is 0 Å². The molecule has 1 heterocycles. The van der Waals surface area contributed by atoms with Gasteiger partial charge in [-0.3, -0.25) is 4.90 Å². The highest BCUT2D eigenvalue weighted by molar-refractivity contribution is 5.64. The molecule has 0 aliphatic carbocycles. The third kappa shape index (κ3) is 5.02. The summed E-state index contributed by atoms with van der Waals surface area (Å²) in [6, 6.07) is 10.5. The normalized spacial score (nSPS) is 18.3. The van der Waals surface area contributed by atoms with E-state index >= 15 is 0 Å². The SMILES string of the molecule is CC(C)CC1(CNC(=O)O)CCN(Cc2ccccc2)CC1. The smallest absolute Gasteiger partial charge is 0.404 e. The van der Waals surface area contributed by atoms with E-state index in [4.69, 9.17) is 5.11 Å². The fraction of sp³-hybridized carbons (Fsp3) is 0.611. The van der Waals surface area contributed by atoms with Gasteiger partial charge in [-0.1, -0.05) is 44.2 Å². The Balaban J connectivity index is 1.91. The monoisotopic (exact) mass is 304 g/mol. The minimum absolute atomic E-state index is 0.125. The van der Waals surface area contributed by atoms with Crippen LogP contribution in [-0.4, -0.2) is 35.7 Å². The molecule has 1 aliphatic rings. The zero-order chi connectivity index (χ0) is 16.0. The van der Waals surface area contributed by atoms with Gasteiger partial charge in [-0.15, -0.1) is 0 Å². The van der Waals surface area contributed by atoms with E-state index in [2.05, 4.69) is 48.3 Å². The highest BCUT2D eigenvalue weighted by Crippen LogP contribution is 2.37. The molecule has 1 fully saturated rings. The first kappa shape index (κ1) is 16.8. The van der Waals surface area contributed by atoms with E-state index in [1.54, 1.807) is 0 Å². The van der Waals surface area contributed by atoms with Gasteiger partial charge in [0.2, 0.25) is 0 Å². The summed E-state index contributed by atoms with van der Waals surface area (Å²) < 4.78 is 0. The van der Waals surface area contributed by atoms with Crippen LogP contribution in [0.25, 0.3) is 0 Å². The van der Waals surface area contributed by atoms with Crippen LogP contribution in [0.3, 0.4) is 0 Å². The molecular formula is C18H28N2O2. The van der Waals surface area contributed by atoms with Crippen molar-refractivity contribution in [3.8, 4) is 0 Å². The topological polar surface area (TPSA) is 52.6 Å². The molecule has 0 radical (unpaired) electrons. The first-order valence-corrected chi connectivity index (χ1v) is 8.22. The van der Waals surface area contributed by atoms with Crippen molar-refractivity contribution in [1.29, 1.82) is 0 Å². The molecule has 0 unspecified atom stereocenters. The number of piperidine rings is 1. The Bertz CT molecular complexity index is 465. The van der Waals surface area contributed by atoms with E-state index in [9.17, 15) is 4.79 Å². The first-order valence-electron chi connectivity index (χ1n) is 8.22. The van der Waals surface area contributed by atoms with Gasteiger partial charge in [-0.05, 0) is 49.2 Å². The maximum atomic E-state index is 10.9. The molecule has 4 heteroatoms. The Morgan fingerprint density at radius 3 is 2.45 bits per heavy atom. The molecule has 1 saturated heterocycles. The van der Waals surface area contributed by atoms with Crippen LogP contribution >= 0.6 is 0 Å². The summed E-state index contributed by atoms with van der Waals surface area (Å²) in [5.41, 5.74) is 1.47. The van der Waals surface area contributed by atoms with Crippen molar-refractivity contribution in [3.63, 3.8) is 0 Å². The lowest BCUT2D eigenvalue weighted by Crippen LogP contribution is -2.46. The molecular weight excluding hydrogens is 276 g/mol. The minimum atomic E-state index is -0.908. The van der Waals surface area contributed by atoms with Crippen LogP contribution in [0.15, 0.2) is 30.3 Å². The van der Waals surface area contributed by atoms with Crippen LogP contribution < -0.4 is 5.32 Å². The standard InChI is InChI=1S/C18H28N2O2/c1-15(2)12-18(14-19-17(21)22)8-10-20(11-9-18)13-16-6-4-3-5-7-16/h3-7,15,19H,8-14H2,1-2H3,(H,21,22). The summed E-state index contributed by atoms with van der Waals surface area (Å²) >= 11 is 0. The average Bonchev–Trinajstić information content (AvgIpc) is 2.48. The number of benzene rings is 1. The Kier molecular flexibility index (Phi) is 5.83. The molecule has 1 aromatic carbocycles. The summed E-state index contributed by atoms with van der Waals surface area (Å²) in [5, 5.41) is 11.5. The molecule has 0 bridgehead atoms. The van der Waals surface area contributed by atoms with Crippen LogP contribution in [0.1, 0.15) is 38.7 Å². The van der Waals surface area contributed by atoms with Gasteiger partial charge in [-0.2, -0.15) is 0 Å². The lowest BCUT2D eigenvalue weighted by Gasteiger charge is -2.43. The van der Waals surface area contributed by atoms with E-state index in [1.165, 1.54) is 5.56 Å². The zero-order valence-electron chi connectivity index (χ0n) is 13.7. The lowest BCUT2D eigenvalue weighted by atomic mass is 9.72. The lowest BCUT2D eigenvalue weighted by molar-refractivity contribution is 0.0773. The molecule has 0 saturated carbocycles. The second-order valence-electron chi connectivity index (χ2n) is 7.02. The fourth-order valence-corrected chi connectivity index (χ4v) is 3.61.